The molecule has 1 aliphatic rings. The number of ether oxygens (including phenoxy) is 1. The molecule has 7 heteroatoms. The standard InChI is InChI=1S/C18H18ClNO4S/c19-15-8-10-16(11-9-15)25(22,23)20-12-4-7-17(20)18(21)24-13-14-5-2-1-3-6-14/h1-3,5-6,8-11,17H,4,7,12-13H2/t17-/m1/s1. The average molecular weight is 380 g/mol. The van der Waals surface area contributed by atoms with Crippen molar-refractivity contribution in [2.45, 2.75) is 30.4 Å². The van der Waals surface area contributed by atoms with E-state index in [-0.39, 0.29) is 11.5 Å². The summed E-state index contributed by atoms with van der Waals surface area (Å²) in [7, 11) is -3.76. The molecule has 1 heterocycles. The molecule has 0 saturated carbocycles. The number of carbonyl (C=O) groups is 1. The minimum Gasteiger partial charge on any atom is -0.460 e. The average Bonchev–Trinajstić information content (AvgIpc) is 3.12. The van der Waals surface area contributed by atoms with E-state index in [0.717, 1.165) is 5.56 Å². The molecule has 1 fully saturated rings. The van der Waals surface area contributed by atoms with E-state index >= 15 is 0 Å². The molecule has 0 radical (unpaired) electrons. The molecule has 0 spiro atoms. The summed E-state index contributed by atoms with van der Waals surface area (Å²) in [5.74, 6) is -0.515. The van der Waals surface area contributed by atoms with Crippen LogP contribution in [0.3, 0.4) is 0 Å². The first kappa shape index (κ1) is 17.9. The zero-order valence-electron chi connectivity index (χ0n) is 13.5. The van der Waals surface area contributed by atoms with Crippen molar-refractivity contribution >= 4 is 27.6 Å². The molecule has 1 saturated heterocycles. The summed E-state index contributed by atoms with van der Waals surface area (Å²) in [5, 5.41) is 0.458. The second-order valence-corrected chi connectivity index (χ2v) is 8.15. The molecule has 2 aromatic carbocycles. The van der Waals surface area contributed by atoms with Crippen molar-refractivity contribution in [1.82, 2.24) is 4.31 Å². The van der Waals surface area contributed by atoms with Gasteiger partial charge >= 0.3 is 5.97 Å². The van der Waals surface area contributed by atoms with Crippen LogP contribution in [0.5, 0.6) is 0 Å². The topological polar surface area (TPSA) is 63.7 Å². The van der Waals surface area contributed by atoms with Crippen LogP contribution in [0.15, 0.2) is 59.5 Å². The van der Waals surface area contributed by atoms with Crippen LogP contribution in [0, 0.1) is 0 Å². The number of nitrogens with zero attached hydrogens (tertiary/aromatic N) is 1. The molecule has 2 aromatic rings. The third kappa shape index (κ3) is 4.03. The minimum atomic E-state index is -3.76. The number of benzene rings is 2. The van der Waals surface area contributed by atoms with E-state index in [4.69, 9.17) is 16.3 Å². The van der Waals surface area contributed by atoms with Crippen LogP contribution in [0.1, 0.15) is 18.4 Å². The van der Waals surface area contributed by atoms with Crippen molar-refractivity contribution in [1.29, 1.82) is 0 Å². The molecule has 132 valence electrons. The smallest absolute Gasteiger partial charge is 0.324 e. The molecule has 25 heavy (non-hydrogen) atoms. The highest BCUT2D eigenvalue weighted by atomic mass is 35.5. The molecule has 3 rings (SSSR count). The van der Waals surface area contributed by atoms with Gasteiger partial charge in [-0.05, 0) is 42.7 Å². The number of rotatable bonds is 5. The van der Waals surface area contributed by atoms with Gasteiger partial charge in [0.1, 0.15) is 12.6 Å². The van der Waals surface area contributed by atoms with Crippen LogP contribution in [-0.4, -0.2) is 31.3 Å². The van der Waals surface area contributed by atoms with Crippen LogP contribution in [0.2, 0.25) is 5.02 Å². The fourth-order valence-electron chi connectivity index (χ4n) is 2.83. The summed E-state index contributed by atoms with van der Waals surface area (Å²) in [6.07, 6.45) is 1.08. The molecule has 0 unspecified atom stereocenters. The van der Waals surface area contributed by atoms with Gasteiger partial charge in [-0.2, -0.15) is 4.31 Å². The second kappa shape index (κ2) is 7.56. The van der Waals surface area contributed by atoms with Gasteiger partial charge in [-0.15, -0.1) is 0 Å². The van der Waals surface area contributed by atoms with Crippen LogP contribution in [0.25, 0.3) is 0 Å². The molecule has 0 N–H and O–H groups in total. The van der Waals surface area contributed by atoms with Gasteiger partial charge in [-0.3, -0.25) is 4.79 Å². The molecular formula is C18H18ClNO4S. The number of carbonyl (C=O) groups excluding carboxylic acids is 1. The lowest BCUT2D eigenvalue weighted by atomic mass is 10.2. The highest BCUT2D eigenvalue weighted by Crippen LogP contribution is 2.27. The van der Waals surface area contributed by atoms with Crippen molar-refractivity contribution in [3.05, 3.63) is 65.2 Å². The van der Waals surface area contributed by atoms with E-state index in [1.165, 1.54) is 28.6 Å². The lowest BCUT2D eigenvalue weighted by Crippen LogP contribution is -2.41. The molecule has 5 nitrogen and oxygen atoms in total. The Labute approximate surface area is 152 Å². The zero-order valence-corrected chi connectivity index (χ0v) is 15.0. The predicted molar refractivity (Wildman–Crippen MR) is 94.6 cm³/mol. The van der Waals surface area contributed by atoms with Crippen LogP contribution in [0.4, 0.5) is 0 Å². The third-order valence-electron chi connectivity index (χ3n) is 4.12. The van der Waals surface area contributed by atoms with Crippen molar-refractivity contribution < 1.29 is 17.9 Å². The van der Waals surface area contributed by atoms with Gasteiger partial charge in [0.2, 0.25) is 10.0 Å². The summed E-state index contributed by atoms with van der Waals surface area (Å²) < 4.78 is 32.2. The van der Waals surface area contributed by atoms with E-state index in [1.807, 2.05) is 30.3 Å². The van der Waals surface area contributed by atoms with Crippen LogP contribution < -0.4 is 0 Å². The Kier molecular flexibility index (Phi) is 5.42. The third-order valence-corrected chi connectivity index (χ3v) is 6.29. The normalized spacial score (nSPS) is 18.2. The quantitative estimate of drug-likeness (QED) is 0.748. The molecule has 1 aliphatic heterocycles. The monoisotopic (exact) mass is 379 g/mol. The SMILES string of the molecule is O=C(OCc1ccccc1)[C@H]1CCCN1S(=O)(=O)c1ccc(Cl)cc1. The number of halogens is 1. The Bertz CT molecular complexity index is 837. The number of esters is 1. The van der Waals surface area contributed by atoms with Crippen molar-refractivity contribution in [3.63, 3.8) is 0 Å². The summed E-state index contributed by atoms with van der Waals surface area (Å²) in [6.45, 7) is 0.432. The predicted octanol–water partition coefficient (Wildman–Crippen LogP) is 3.24. The van der Waals surface area contributed by atoms with Gasteiger partial charge in [0.05, 0.1) is 4.90 Å². The molecule has 0 aliphatic carbocycles. The van der Waals surface area contributed by atoms with Gasteiger partial charge in [0.15, 0.2) is 0 Å². The Morgan fingerprint density at radius 2 is 1.80 bits per heavy atom. The first-order valence-electron chi connectivity index (χ1n) is 7.96. The number of sulfonamides is 1. The van der Waals surface area contributed by atoms with E-state index in [2.05, 4.69) is 0 Å². The Hall–Kier alpha value is -1.89. The lowest BCUT2D eigenvalue weighted by molar-refractivity contribution is -0.148. The van der Waals surface area contributed by atoms with Crippen LogP contribution >= 0.6 is 11.6 Å². The van der Waals surface area contributed by atoms with Crippen molar-refractivity contribution in [2.24, 2.45) is 0 Å². The highest BCUT2D eigenvalue weighted by molar-refractivity contribution is 7.89. The Balaban J connectivity index is 1.73. The first-order valence-corrected chi connectivity index (χ1v) is 9.78. The number of hydrogen-bond acceptors (Lipinski definition) is 4. The zero-order chi connectivity index (χ0) is 17.9. The van der Waals surface area contributed by atoms with Gasteiger partial charge in [-0.1, -0.05) is 41.9 Å². The van der Waals surface area contributed by atoms with Gasteiger partial charge < -0.3 is 4.74 Å². The number of hydrogen-bond donors (Lipinski definition) is 0. The van der Waals surface area contributed by atoms with E-state index in [9.17, 15) is 13.2 Å². The summed E-state index contributed by atoms with van der Waals surface area (Å²) >= 11 is 5.82. The van der Waals surface area contributed by atoms with E-state index < -0.39 is 22.0 Å². The molecule has 0 bridgehead atoms. The Morgan fingerprint density at radius 1 is 1.12 bits per heavy atom. The fourth-order valence-corrected chi connectivity index (χ4v) is 4.60. The Morgan fingerprint density at radius 3 is 2.48 bits per heavy atom. The molecule has 0 aromatic heterocycles. The maximum Gasteiger partial charge on any atom is 0.324 e. The molecule has 0 amide bonds. The summed E-state index contributed by atoms with van der Waals surface area (Å²) in [6, 6.07) is 14.4. The summed E-state index contributed by atoms with van der Waals surface area (Å²) in [4.78, 5) is 12.5. The van der Waals surface area contributed by atoms with E-state index in [1.54, 1.807) is 0 Å². The maximum atomic E-state index is 12.8. The van der Waals surface area contributed by atoms with Crippen LogP contribution in [-0.2, 0) is 26.2 Å². The molecular weight excluding hydrogens is 362 g/mol. The minimum absolute atomic E-state index is 0.125. The highest BCUT2D eigenvalue weighted by Gasteiger charge is 2.40. The lowest BCUT2D eigenvalue weighted by Gasteiger charge is -2.22. The maximum absolute atomic E-state index is 12.8. The fraction of sp³-hybridized carbons (Fsp3) is 0.278. The second-order valence-electron chi connectivity index (χ2n) is 5.82. The van der Waals surface area contributed by atoms with Gasteiger partial charge in [0.25, 0.3) is 0 Å². The van der Waals surface area contributed by atoms with Crippen molar-refractivity contribution in [2.75, 3.05) is 6.54 Å². The van der Waals surface area contributed by atoms with Gasteiger partial charge in [0, 0.05) is 11.6 Å². The first-order chi connectivity index (χ1) is 12.0. The van der Waals surface area contributed by atoms with Crippen molar-refractivity contribution in [3.8, 4) is 0 Å². The van der Waals surface area contributed by atoms with E-state index in [0.29, 0.717) is 24.4 Å². The van der Waals surface area contributed by atoms with Gasteiger partial charge in [-0.25, -0.2) is 8.42 Å². The molecule has 1 atom stereocenters. The largest absolute Gasteiger partial charge is 0.460 e. The summed E-state index contributed by atoms with van der Waals surface area (Å²) in [5.41, 5.74) is 0.862.